The molecule has 4 aromatic rings. The van der Waals surface area contributed by atoms with Crippen LogP contribution in [0.3, 0.4) is 0 Å². The van der Waals surface area contributed by atoms with Crippen LogP contribution in [0.25, 0.3) is 11.3 Å². The molecular weight excluding hydrogens is 686 g/mol. The Balaban J connectivity index is 1.93. The van der Waals surface area contributed by atoms with Gasteiger partial charge in [0.05, 0.1) is 0 Å². The molecule has 1 amide bonds. The van der Waals surface area contributed by atoms with E-state index in [1.807, 2.05) is 25.1 Å². The second kappa shape index (κ2) is 13.0. The molecule has 2 aromatic heterocycles. The van der Waals surface area contributed by atoms with Crippen LogP contribution in [0.5, 0.6) is 0 Å². The molecule has 0 unspecified atom stereocenters. The average molecular weight is 716 g/mol. The number of hydrogen-bond donors (Lipinski definition) is 4. The Labute approximate surface area is 242 Å². The van der Waals surface area contributed by atoms with Crippen LogP contribution in [0.4, 0.5) is 26.2 Å². The van der Waals surface area contributed by atoms with Crippen molar-refractivity contribution in [2.45, 2.75) is 39.9 Å². The number of benzene rings is 2. The minimum atomic E-state index is -0.742. The first-order chi connectivity index (χ1) is 19.2. The molecule has 40 heavy (non-hydrogen) atoms. The first kappa shape index (κ1) is 29.2. The topological polar surface area (TPSA) is 111 Å². The van der Waals surface area contributed by atoms with Crippen molar-refractivity contribution in [1.82, 2.24) is 30.6 Å². The number of imidazole rings is 1. The van der Waals surface area contributed by atoms with Crippen molar-refractivity contribution < 1.29 is 32.9 Å². The fraction of sp³-hybridized carbons (Fsp3) is 0.250. The molecule has 0 aliphatic rings. The molecule has 208 valence electrons. The number of aryl methyl sites for hydroxylation is 1. The quantitative estimate of drug-likeness (QED) is 0.164. The molecule has 9 nitrogen and oxygen atoms in total. The molecule has 0 radical (unpaired) electrons. The Hall–Kier alpha value is -3.82. The number of hydrogen-bond acceptors (Lipinski definition) is 7. The van der Waals surface area contributed by atoms with Crippen LogP contribution in [-0.4, -0.2) is 43.5 Å². The summed E-state index contributed by atoms with van der Waals surface area (Å²) >= 11 is 1.28. The Morgan fingerprint density at radius 1 is 1.15 bits per heavy atom. The minimum absolute atomic E-state index is 0.0366. The number of aromatic amines is 1. The van der Waals surface area contributed by atoms with E-state index in [1.165, 1.54) is 49.5 Å². The number of nitrogens with one attached hydrogen (secondary N) is 4. The van der Waals surface area contributed by atoms with E-state index in [-0.39, 0.29) is 30.0 Å². The first-order valence-corrected chi connectivity index (χ1v) is 14.1. The van der Waals surface area contributed by atoms with Crippen LogP contribution in [0.15, 0.2) is 48.8 Å². The van der Waals surface area contributed by atoms with Gasteiger partial charge in [-0.3, -0.25) is 0 Å². The second-order valence-electron chi connectivity index (χ2n) is 9.37. The average Bonchev–Trinajstić information content (AvgIpc) is 3.44. The third kappa shape index (κ3) is 6.66. The zero-order chi connectivity index (χ0) is 28.8. The Kier molecular flexibility index (Phi) is 9.49. The predicted octanol–water partition coefficient (Wildman–Crippen LogP) is 4.10. The summed E-state index contributed by atoms with van der Waals surface area (Å²) in [7, 11) is 1.53. The molecule has 2 aromatic carbocycles. The normalized spacial score (nSPS) is 11.0. The zero-order valence-electron chi connectivity index (χ0n) is 22.5. The van der Waals surface area contributed by atoms with Gasteiger partial charge in [-0.15, -0.1) is 0 Å². The number of para-hydroxylation sites is 1. The van der Waals surface area contributed by atoms with E-state index in [9.17, 15) is 13.6 Å². The summed E-state index contributed by atoms with van der Waals surface area (Å²) in [6.07, 6.45) is 3.91. The third-order valence-corrected chi connectivity index (χ3v) is 7.35. The van der Waals surface area contributed by atoms with Crippen LogP contribution >= 0.6 is 0 Å². The van der Waals surface area contributed by atoms with Crippen LogP contribution < -0.4 is 20.9 Å². The molecule has 4 N–H and O–H groups in total. The number of halogens is 2. The van der Waals surface area contributed by atoms with Gasteiger partial charge in [0.1, 0.15) is 0 Å². The molecule has 4 rings (SSSR count). The Morgan fingerprint density at radius 3 is 2.55 bits per heavy atom. The fourth-order valence-corrected chi connectivity index (χ4v) is 5.50. The number of nitrogens with zero attached hydrogens (tertiary/aromatic N) is 4. The maximum absolute atomic E-state index is 14.9. The summed E-state index contributed by atoms with van der Waals surface area (Å²) in [5.74, 6) is -0.350. The van der Waals surface area contributed by atoms with E-state index in [4.69, 9.17) is 4.98 Å². The number of aromatic nitrogens is 4. The third-order valence-electron chi connectivity index (χ3n) is 6.08. The van der Waals surface area contributed by atoms with Gasteiger partial charge in [0.15, 0.2) is 0 Å². The van der Waals surface area contributed by atoms with Gasteiger partial charge in [-0.05, 0) is 0 Å². The number of carbonyl (C=O) groups excluding carboxylic acids is 1. The van der Waals surface area contributed by atoms with E-state index in [1.54, 1.807) is 12.4 Å². The van der Waals surface area contributed by atoms with E-state index >= 15 is 0 Å². The number of carbonyl (C=O) groups is 1. The summed E-state index contributed by atoms with van der Waals surface area (Å²) in [5, 5.41) is 9.31. The van der Waals surface area contributed by atoms with Gasteiger partial charge in [-0.25, -0.2) is 0 Å². The molecule has 0 saturated carbocycles. The van der Waals surface area contributed by atoms with Crippen molar-refractivity contribution in [3.8, 4) is 11.3 Å². The summed E-state index contributed by atoms with van der Waals surface area (Å²) in [5.41, 5.74) is 3.49. The van der Waals surface area contributed by atoms with Crippen molar-refractivity contribution in [1.29, 1.82) is 0 Å². The monoisotopic (exact) mass is 716 g/mol. The Bertz CT molecular complexity index is 1490. The standard InChI is InChI=1S/C28H30F2N8O.W/c1-17(2)34-13-19-9-8-18(3)20(12-19)25-21(14-31-16-39)27(38(4)26-22(29)6-5-7-23(26)30)37-28(36-25)35-15-24-32-10-11-33-24;/h5-12,16-17,34H,14-15H2,1-4H3,(H,31,39)(H,32,33)(H,35,36,37);. The summed E-state index contributed by atoms with van der Waals surface area (Å²) in [4.78, 5) is 29.5. The van der Waals surface area contributed by atoms with Gasteiger partial charge in [0.25, 0.3) is 0 Å². The number of H-pyrrole nitrogens is 1. The molecule has 0 bridgehead atoms. The SMILES string of the molecule is Cc1ccc([C](=[W])NC(C)C)cc1-c1nc(NCc2ncc[nH]2)nc(N(C)c2c(F)cccc2F)c1CNC=O. The molecule has 0 atom stereocenters. The van der Waals surface area contributed by atoms with Gasteiger partial charge >= 0.3 is 243 Å². The van der Waals surface area contributed by atoms with Crippen molar-refractivity contribution in [3.63, 3.8) is 0 Å². The summed E-state index contributed by atoms with van der Waals surface area (Å²) in [6, 6.07) is 10.0. The van der Waals surface area contributed by atoms with E-state index < -0.39 is 11.6 Å². The van der Waals surface area contributed by atoms with Crippen LogP contribution in [0.2, 0.25) is 0 Å². The zero-order valence-corrected chi connectivity index (χ0v) is 25.5. The van der Waals surface area contributed by atoms with Gasteiger partial charge < -0.3 is 0 Å². The van der Waals surface area contributed by atoms with Gasteiger partial charge in [0.2, 0.25) is 0 Å². The molecule has 0 aliphatic heterocycles. The van der Waals surface area contributed by atoms with Gasteiger partial charge in [-0.2, -0.15) is 0 Å². The van der Waals surface area contributed by atoms with Crippen molar-refractivity contribution >= 4 is 27.9 Å². The predicted molar refractivity (Wildman–Crippen MR) is 148 cm³/mol. The van der Waals surface area contributed by atoms with Crippen LogP contribution in [-0.2, 0) is 37.2 Å². The Morgan fingerprint density at radius 2 is 1.90 bits per heavy atom. The second-order valence-corrected chi connectivity index (χ2v) is 10.8. The van der Waals surface area contributed by atoms with E-state index in [0.29, 0.717) is 30.0 Å². The molecule has 2 heterocycles. The van der Waals surface area contributed by atoms with E-state index in [0.717, 1.165) is 20.7 Å². The summed E-state index contributed by atoms with van der Waals surface area (Å²) in [6.45, 7) is 6.45. The molecule has 0 spiro atoms. The molecule has 0 saturated heterocycles. The van der Waals surface area contributed by atoms with Gasteiger partial charge in [-0.1, -0.05) is 0 Å². The van der Waals surface area contributed by atoms with Crippen LogP contribution in [0, 0.1) is 18.6 Å². The van der Waals surface area contributed by atoms with Crippen LogP contribution in [0.1, 0.15) is 36.4 Å². The van der Waals surface area contributed by atoms with Crippen molar-refractivity contribution in [3.05, 3.63) is 82.9 Å². The molecule has 0 aliphatic carbocycles. The van der Waals surface area contributed by atoms with E-state index in [2.05, 4.69) is 44.7 Å². The first-order valence-electron chi connectivity index (χ1n) is 12.6. The van der Waals surface area contributed by atoms with Crippen molar-refractivity contribution in [2.24, 2.45) is 0 Å². The molecule has 0 fully saturated rings. The molecular formula is C28H30F2N8OW. The van der Waals surface area contributed by atoms with Gasteiger partial charge in [0, 0.05) is 0 Å². The number of anilines is 3. The number of rotatable bonds is 12. The summed E-state index contributed by atoms with van der Waals surface area (Å²) < 4.78 is 30.9. The molecule has 12 heteroatoms. The van der Waals surface area contributed by atoms with Crippen molar-refractivity contribution in [2.75, 3.05) is 17.3 Å². The number of amides is 1. The maximum atomic E-state index is 14.9. The fourth-order valence-electron chi connectivity index (χ4n) is 4.19.